The Morgan fingerprint density at radius 1 is 1.10 bits per heavy atom. The fraction of sp³-hybridized carbons (Fsp3) is 0.158. The Labute approximate surface area is 176 Å². The number of aromatic hydroxyl groups is 1. The second kappa shape index (κ2) is 9.42. The predicted octanol–water partition coefficient (Wildman–Crippen LogP) is 2.84. The number of hydrogen-bond donors (Lipinski definition) is 3. The zero-order valence-electron chi connectivity index (χ0n) is 15.5. The van der Waals surface area contributed by atoms with Gasteiger partial charge in [0.25, 0.3) is 0 Å². The molecular formula is C19H18ClN2O7P. The van der Waals surface area contributed by atoms with E-state index in [0.717, 1.165) is 11.1 Å². The standard InChI is InChI=1S/C19H18ClN2O7P/c20-16-9-21-19(24)22(10-16)12-28-11-14-6-4-13(5-7-14)8-15-2-1-3-17(18(15)23)29-30(25,26)27/h1-7,9-10,23H,8,11-12H2,(H2,25,26,27). The number of halogens is 1. The molecule has 0 atom stereocenters. The first-order chi connectivity index (χ1) is 14.2. The van der Waals surface area contributed by atoms with Crippen molar-refractivity contribution in [2.45, 2.75) is 19.8 Å². The van der Waals surface area contributed by atoms with E-state index in [1.165, 1.54) is 29.1 Å². The van der Waals surface area contributed by atoms with Gasteiger partial charge in [0.1, 0.15) is 6.73 Å². The monoisotopic (exact) mass is 452 g/mol. The van der Waals surface area contributed by atoms with Crippen molar-refractivity contribution in [3.63, 3.8) is 0 Å². The molecule has 2 aromatic carbocycles. The summed E-state index contributed by atoms with van der Waals surface area (Å²) >= 11 is 5.81. The van der Waals surface area contributed by atoms with Gasteiger partial charge >= 0.3 is 13.5 Å². The Balaban J connectivity index is 1.61. The largest absolute Gasteiger partial charge is 0.524 e. The van der Waals surface area contributed by atoms with Gasteiger partial charge in [0, 0.05) is 18.2 Å². The highest BCUT2D eigenvalue weighted by Crippen LogP contribution is 2.42. The van der Waals surface area contributed by atoms with Gasteiger partial charge in [-0.15, -0.1) is 0 Å². The average molecular weight is 453 g/mol. The Morgan fingerprint density at radius 2 is 1.80 bits per heavy atom. The lowest BCUT2D eigenvalue weighted by molar-refractivity contribution is 0.0609. The van der Waals surface area contributed by atoms with Gasteiger partial charge in [0.05, 0.1) is 17.8 Å². The Kier molecular flexibility index (Phi) is 6.91. The summed E-state index contributed by atoms with van der Waals surface area (Å²) in [5.41, 5.74) is 1.72. The lowest BCUT2D eigenvalue weighted by Gasteiger charge is -2.12. The molecule has 0 spiro atoms. The zero-order chi connectivity index (χ0) is 21.7. The van der Waals surface area contributed by atoms with Crippen LogP contribution in [0.25, 0.3) is 0 Å². The SMILES string of the molecule is O=c1ncc(Cl)cn1COCc1ccc(Cc2cccc(OP(=O)(O)O)c2O)cc1. The molecule has 0 amide bonds. The fourth-order valence-electron chi connectivity index (χ4n) is 2.67. The van der Waals surface area contributed by atoms with Crippen LogP contribution in [0.1, 0.15) is 16.7 Å². The summed E-state index contributed by atoms with van der Waals surface area (Å²) in [6, 6.07) is 11.8. The Bertz CT molecular complexity index is 1130. The van der Waals surface area contributed by atoms with Crippen LogP contribution in [0, 0.1) is 0 Å². The molecule has 0 fully saturated rings. The number of rotatable bonds is 8. The van der Waals surface area contributed by atoms with Gasteiger partial charge in [0.2, 0.25) is 0 Å². The topological polar surface area (TPSA) is 131 Å². The van der Waals surface area contributed by atoms with E-state index in [2.05, 4.69) is 9.51 Å². The molecule has 0 radical (unpaired) electrons. The van der Waals surface area contributed by atoms with Crippen LogP contribution in [0.4, 0.5) is 0 Å². The van der Waals surface area contributed by atoms with Crippen LogP contribution in [0.15, 0.2) is 59.7 Å². The van der Waals surface area contributed by atoms with E-state index in [4.69, 9.17) is 26.1 Å². The minimum Gasteiger partial charge on any atom is -0.504 e. The first kappa shape index (κ1) is 22.0. The van der Waals surface area contributed by atoms with Gasteiger partial charge in [-0.3, -0.25) is 14.4 Å². The number of phosphoric ester groups is 1. The molecule has 0 saturated carbocycles. The van der Waals surface area contributed by atoms with E-state index in [-0.39, 0.29) is 24.8 Å². The van der Waals surface area contributed by atoms with Crippen LogP contribution >= 0.6 is 19.4 Å². The van der Waals surface area contributed by atoms with Crippen LogP contribution in [0.3, 0.4) is 0 Å². The molecule has 0 aliphatic rings. The number of hydrogen-bond acceptors (Lipinski definition) is 6. The van der Waals surface area contributed by atoms with Crippen LogP contribution in [-0.4, -0.2) is 24.4 Å². The summed E-state index contributed by atoms with van der Waals surface area (Å²) in [6.07, 6.45) is 3.04. The molecule has 3 aromatic rings. The fourth-order valence-corrected chi connectivity index (χ4v) is 3.24. The summed E-state index contributed by atoms with van der Waals surface area (Å²) in [5.74, 6) is -0.606. The Hall–Kier alpha value is -2.68. The molecule has 9 nitrogen and oxygen atoms in total. The zero-order valence-corrected chi connectivity index (χ0v) is 17.2. The van der Waals surface area contributed by atoms with Crippen LogP contribution in [-0.2, 0) is 29.1 Å². The van der Waals surface area contributed by atoms with Gasteiger partial charge < -0.3 is 14.4 Å². The summed E-state index contributed by atoms with van der Waals surface area (Å²) in [7, 11) is -4.77. The van der Waals surface area contributed by atoms with Crippen molar-refractivity contribution in [1.29, 1.82) is 0 Å². The third-order valence-electron chi connectivity index (χ3n) is 4.04. The maximum Gasteiger partial charge on any atom is 0.524 e. The molecule has 1 aromatic heterocycles. The van der Waals surface area contributed by atoms with Gasteiger partial charge in [-0.1, -0.05) is 48.0 Å². The lowest BCUT2D eigenvalue weighted by atomic mass is 10.0. The maximum atomic E-state index is 11.6. The molecule has 30 heavy (non-hydrogen) atoms. The minimum atomic E-state index is -4.77. The average Bonchev–Trinajstić information content (AvgIpc) is 2.68. The minimum absolute atomic E-state index is 0.00831. The number of benzene rings is 2. The van der Waals surface area contributed by atoms with Gasteiger partial charge in [-0.25, -0.2) is 9.36 Å². The van der Waals surface area contributed by atoms with Gasteiger partial charge in [0.15, 0.2) is 11.5 Å². The second-order valence-electron chi connectivity index (χ2n) is 6.34. The third-order valence-corrected chi connectivity index (χ3v) is 4.67. The van der Waals surface area contributed by atoms with Crippen molar-refractivity contribution in [3.05, 3.63) is 87.1 Å². The van der Waals surface area contributed by atoms with Crippen molar-refractivity contribution >= 4 is 19.4 Å². The molecule has 0 aliphatic carbocycles. The van der Waals surface area contributed by atoms with Crippen molar-refractivity contribution in [3.8, 4) is 11.5 Å². The maximum absolute atomic E-state index is 11.6. The number of nitrogens with zero attached hydrogens (tertiary/aromatic N) is 2. The Morgan fingerprint density at radius 3 is 2.50 bits per heavy atom. The highest BCUT2D eigenvalue weighted by molar-refractivity contribution is 7.46. The van der Waals surface area contributed by atoms with Crippen molar-refractivity contribution in [2.75, 3.05) is 0 Å². The quantitative estimate of drug-likeness (QED) is 0.445. The molecule has 3 rings (SSSR count). The van der Waals surface area contributed by atoms with Gasteiger partial charge in [-0.05, 0) is 17.2 Å². The highest BCUT2D eigenvalue weighted by atomic mass is 35.5. The van der Waals surface area contributed by atoms with Crippen LogP contribution < -0.4 is 10.2 Å². The summed E-state index contributed by atoms with van der Waals surface area (Å²) in [4.78, 5) is 33.0. The number of phenols is 1. The highest BCUT2D eigenvalue weighted by Gasteiger charge is 2.19. The van der Waals surface area contributed by atoms with Crippen LogP contribution in [0.2, 0.25) is 5.02 Å². The first-order valence-corrected chi connectivity index (χ1v) is 10.6. The summed E-state index contributed by atoms with van der Waals surface area (Å²) < 4.78 is 22.3. The first-order valence-electron chi connectivity index (χ1n) is 8.65. The normalized spacial score (nSPS) is 11.4. The van der Waals surface area contributed by atoms with Crippen molar-refractivity contribution in [2.24, 2.45) is 0 Å². The van der Waals surface area contributed by atoms with E-state index < -0.39 is 13.5 Å². The lowest BCUT2D eigenvalue weighted by Crippen LogP contribution is -2.23. The molecule has 0 bridgehead atoms. The molecule has 158 valence electrons. The number of para-hydroxylation sites is 1. The van der Waals surface area contributed by atoms with E-state index in [1.54, 1.807) is 6.07 Å². The molecule has 1 heterocycles. The smallest absolute Gasteiger partial charge is 0.504 e. The van der Waals surface area contributed by atoms with E-state index in [9.17, 15) is 14.5 Å². The van der Waals surface area contributed by atoms with E-state index in [1.807, 2.05) is 24.3 Å². The molecule has 11 heteroatoms. The number of phenolic OH excluding ortho intramolecular Hbond substituents is 1. The van der Waals surface area contributed by atoms with E-state index >= 15 is 0 Å². The van der Waals surface area contributed by atoms with Crippen LogP contribution in [0.5, 0.6) is 11.5 Å². The number of phosphoric acid groups is 1. The third kappa shape index (κ3) is 6.16. The predicted molar refractivity (Wildman–Crippen MR) is 108 cm³/mol. The number of ether oxygens (including phenoxy) is 1. The van der Waals surface area contributed by atoms with Gasteiger partial charge in [-0.2, -0.15) is 4.98 Å². The van der Waals surface area contributed by atoms with Crippen molar-refractivity contribution in [1.82, 2.24) is 9.55 Å². The molecular weight excluding hydrogens is 435 g/mol. The second-order valence-corrected chi connectivity index (χ2v) is 7.94. The van der Waals surface area contributed by atoms with E-state index in [0.29, 0.717) is 17.0 Å². The van der Waals surface area contributed by atoms with Crippen molar-refractivity contribution < 1.29 is 28.7 Å². The molecule has 0 unspecified atom stereocenters. The summed E-state index contributed by atoms with van der Waals surface area (Å²) in [5, 5.41) is 10.5. The molecule has 0 aliphatic heterocycles. The number of aromatic nitrogens is 2. The molecule has 3 N–H and O–H groups in total. The molecule has 0 saturated heterocycles. The summed E-state index contributed by atoms with van der Waals surface area (Å²) in [6.45, 7) is 0.268.